The summed E-state index contributed by atoms with van der Waals surface area (Å²) in [6.45, 7) is 3.04. The number of likely N-dealkylation sites (tertiary alicyclic amines) is 1. The van der Waals surface area contributed by atoms with Gasteiger partial charge in [-0.3, -0.25) is 9.88 Å². The summed E-state index contributed by atoms with van der Waals surface area (Å²) < 4.78 is 7.31. The largest absolute Gasteiger partial charge is 0.389 e. The van der Waals surface area contributed by atoms with E-state index in [9.17, 15) is 20.4 Å². The van der Waals surface area contributed by atoms with Gasteiger partial charge >= 0.3 is 0 Å². The maximum absolute atomic E-state index is 11.4. The van der Waals surface area contributed by atoms with Crippen molar-refractivity contribution < 1.29 is 25.2 Å². The molecule has 0 amide bonds. The quantitative estimate of drug-likeness (QED) is 0.473. The van der Waals surface area contributed by atoms with Crippen LogP contribution in [0.1, 0.15) is 56.9 Å². The molecule has 2 saturated heterocycles. The van der Waals surface area contributed by atoms with E-state index in [-0.39, 0.29) is 17.1 Å². The summed E-state index contributed by atoms with van der Waals surface area (Å²) in [7, 11) is 0. The van der Waals surface area contributed by atoms with Gasteiger partial charge in [0.2, 0.25) is 0 Å². The van der Waals surface area contributed by atoms with Crippen LogP contribution in [0.5, 0.6) is 0 Å². The topological polar surface area (TPSA) is 106 Å². The van der Waals surface area contributed by atoms with Crippen molar-refractivity contribution >= 4 is 10.8 Å². The lowest BCUT2D eigenvalue weighted by molar-refractivity contribution is -0.167. The summed E-state index contributed by atoms with van der Waals surface area (Å²) in [4.78, 5) is 6.29. The van der Waals surface area contributed by atoms with Crippen molar-refractivity contribution in [1.29, 1.82) is 0 Å². The fourth-order valence-electron chi connectivity index (χ4n) is 9.71. The Hall–Kier alpha value is -2.13. The van der Waals surface area contributed by atoms with Crippen molar-refractivity contribution in [3.05, 3.63) is 65.5 Å². The smallest absolute Gasteiger partial charge is 0.105 e. The van der Waals surface area contributed by atoms with Gasteiger partial charge in [-0.05, 0) is 90.0 Å². The molecule has 3 aliphatic heterocycles. The third-order valence-electron chi connectivity index (χ3n) is 11.7. The van der Waals surface area contributed by atoms with E-state index in [2.05, 4.69) is 48.3 Å². The van der Waals surface area contributed by atoms with Gasteiger partial charge in [0.05, 0.1) is 29.5 Å². The van der Waals surface area contributed by atoms with Gasteiger partial charge < -0.3 is 25.2 Å². The predicted molar refractivity (Wildman–Crippen MR) is 146 cm³/mol. The lowest BCUT2D eigenvalue weighted by atomic mass is 9.58. The molecule has 8 rings (SSSR count). The minimum Gasteiger partial charge on any atom is -0.389 e. The normalized spacial score (nSPS) is 46.9. The van der Waals surface area contributed by atoms with Gasteiger partial charge in [0.25, 0.3) is 0 Å². The molecule has 2 aromatic rings. The van der Waals surface area contributed by atoms with E-state index in [4.69, 9.17) is 4.74 Å². The van der Waals surface area contributed by atoms with Crippen LogP contribution < -0.4 is 0 Å². The van der Waals surface area contributed by atoms with Gasteiger partial charge in [0.15, 0.2) is 0 Å². The van der Waals surface area contributed by atoms with Crippen molar-refractivity contribution in [2.45, 2.75) is 93.0 Å². The molecule has 3 aliphatic carbocycles. The van der Waals surface area contributed by atoms with E-state index >= 15 is 0 Å². The Bertz CT molecular complexity index is 1400. The highest BCUT2D eigenvalue weighted by Crippen LogP contribution is 2.69. The molecule has 39 heavy (non-hydrogen) atoms. The maximum Gasteiger partial charge on any atom is 0.105 e. The minimum absolute atomic E-state index is 0.0611. The van der Waals surface area contributed by atoms with Gasteiger partial charge in [-0.15, -0.1) is 0 Å². The maximum atomic E-state index is 11.4. The van der Waals surface area contributed by atoms with Crippen molar-refractivity contribution in [2.75, 3.05) is 13.1 Å². The van der Waals surface area contributed by atoms with Crippen molar-refractivity contribution in [3.63, 3.8) is 0 Å². The summed E-state index contributed by atoms with van der Waals surface area (Å²) in [5.74, 6) is 0.804. The number of benzene rings is 1. The van der Waals surface area contributed by atoms with E-state index in [0.29, 0.717) is 31.3 Å². The zero-order chi connectivity index (χ0) is 26.7. The molecule has 10 atom stereocenters. The first-order chi connectivity index (χ1) is 18.7. The summed E-state index contributed by atoms with van der Waals surface area (Å²) in [5, 5.41) is 45.3. The number of hydrogen-bond donors (Lipinski definition) is 4. The number of rotatable bonds is 2. The second-order valence-corrected chi connectivity index (χ2v) is 13.4. The zero-order valence-corrected chi connectivity index (χ0v) is 22.4. The SMILES string of the molecule is C[C@]12CC=C3C=C4[C@@H](O)[C@@H](O)[C@@H](N5C[C@H](O)[C@@H](O)C5)C[C@]45CCC3(O5)[C@@H]1CCC2c1ccc2ccncc2c1. The molecule has 2 bridgehead atoms. The average molecular weight is 531 g/mol. The van der Waals surface area contributed by atoms with Gasteiger partial charge in [0, 0.05) is 36.9 Å². The van der Waals surface area contributed by atoms with Crippen LogP contribution in [0.2, 0.25) is 0 Å². The van der Waals surface area contributed by atoms with Gasteiger partial charge in [-0.2, -0.15) is 0 Å². The molecule has 6 aliphatic rings. The van der Waals surface area contributed by atoms with Gasteiger partial charge in [-0.25, -0.2) is 0 Å². The Morgan fingerprint density at radius 3 is 2.64 bits per heavy atom. The number of fused-ring (bicyclic) bond motifs is 2. The molecule has 4 heterocycles. The zero-order valence-electron chi connectivity index (χ0n) is 22.4. The van der Waals surface area contributed by atoms with Crippen LogP contribution >= 0.6 is 0 Å². The molecule has 4 fully saturated rings. The van der Waals surface area contributed by atoms with E-state index in [1.807, 2.05) is 17.3 Å². The van der Waals surface area contributed by atoms with Crippen molar-refractivity contribution in [3.8, 4) is 0 Å². The van der Waals surface area contributed by atoms with E-state index in [0.717, 1.165) is 37.7 Å². The monoisotopic (exact) mass is 530 g/mol. The van der Waals surface area contributed by atoms with Gasteiger partial charge in [-0.1, -0.05) is 31.2 Å². The first-order valence-electron chi connectivity index (χ1n) is 14.7. The van der Waals surface area contributed by atoms with Crippen LogP contribution in [0, 0.1) is 11.3 Å². The van der Waals surface area contributed by atoms with E-state index in [1.165, 1.54) is 21.9 Å². The Morgan fingerprint density at radius 2 is 1.82 bits per heavy atom. The number of aliphatic hydroxyl groups is 4. The first kappa shape index (κ1) is 24.6. The number of pyridine rings is 1. The van der Waals surface area contributed by atoms with Crippen LogP contribution in [-0.2, 0) is 4.74 Å². The third kappa shape index (κ3) is 3.23. The molecule has 2 spiro atoms. The average Bonchev–Trinajstić information content (AvgIpc) is 3.57. The van der Waals surface area contributed by atoms with Crippen LogP contribution in [0.3, 0.4) is 0 Å². The van der Waals surface area contributed by atoms with Crippen molar-refractivity contribution in [2.24, 2.45) is 11.3 Å². The lowest BCUT2D eigenvalue weighted by Crippen LogP contribution is -2.62. The van der Waals surface area contributed by atoms with Crippen LogP contribution in [0.15, 0.2) is 60.0 Å². The summed E-state index contributed by atoms with van der Waals surface area (Å²) in [6, 6.07) is 8.55. The second kappa shape index (κ2) is 8.21. The molecule has 206 valence electrons. The Balaban J connectivity index is 1.15. The Morgan fingerprint density at radius 1 is 1.00 bits per heavy atom. The highest BCUT2D eigenvalue weighted by Gasteiger charge is 2.68. The molecule has 7 heteroatoms. The third-order valence-corrected chi connectivity index (χ3v) is 11.7. The number of aromatic nitrogens is 1. The van der Waals surface area contributed by atoms with E-state index in [1.54, 1.807) is 0 Å². The molecule has 1 aromatic heterocycles. The van der Waals surface area contributed by atoms with Crippen LogP contribution in [0.25, 0.3) is 10.8 Å². The fourth-order valence-corrected chi connectivity index (χ4v) is 9.71. The summed E-state index contributed by atoms with van der Waals surface area (Å²) >= 11 is 0. The highest BCUT2D eigenvalue weighted by molar-refractivity contribution is 5.82. The minimum atomic E-state index is -1.02. The molecular weight excluding hydrogens is 492 g/mol. The van der Waals surface area contributed by atoms with E-state index < -0.39 is 30.0 Å². The Kier molecular flexibility index (Phi) is 5.19. The molecule has 7 nitrogen and oxygen atoms in total. The second-order valence-electron chi connectivity index (χ2n) is 13.4. The number of β-amino-alcohol motifs (C(OH)–C–C–N with tert-alkyl or cyclic N) is 2. The molecule has 1 aromatic carbocycles. The lowest BCUT2D eigenvalue weighted by Gasteiger charge is -2.56. The predicted octanol–water partition coefficient (Wildman–Crippen LogP) is 2.82. The van der Waals surface area contributed by atoms with Crippen LogP contribution in [0.4, 0.5) is 0 Å². The number of hydrogen-bond acceptors (Lipinski definition) is 7. The standard InChI is InChI=1S/C32H38N2O5/c1-30-8-6-21-13-23-28(37)29(38)24(34-16-25(35)26(36)17-34)14-31(23)9-10-32(21,39-31)27(30)5-4-22(30)19-3-2-18-7-11-33-15-20(18)12-19/h2-3,6-7,11-13,15,22,24-29,35-38H,4-5,8-10,14,16-17H2,1H3/t22?,24-,25-,26-,27+,28+,29-,30+,31+,32?/m0/s1. The number of ether oxygens (including phenoxy) is 1. The molecule has 4 N–H and O–H groups in total. The van der Waals surface area contributed by atoms with Crippen LogP contribution in [-0.4, -0.2) is 85.1 Å². The molecular formula is C32H38N2O5. The first-order valence-corrected chi connectivity index (χ1v) is 14.7. The summed E-state index contributed by atoms with van der Waals surface area (Å²) in [5.41, 5.74) is 2.45. The molecule has 0 radical (unpaired) electrons. The van der Waals surface area contributed by atoms with Crippen molar-refractivity contribution in [1.82, 2.24) is 9.88 Å². The Labute approximate surface area is 228 Å². The van der Waals surface area contributed by atoms with Gasteiger partial charge in [0.1, 0.15) is 6.10 Å². The highest BCUT2D eigenvalue weighted by atomic mass is 16.5. The number of aliphatic hydroxyl groups excluding tert-OH is 4. The number of nitrogens with zero attached hydrogens (tertiary/aromatic N) is 2. The summed E-state index contributed by atoms with van der Waals surface area (Å²) in [6.07, 6.45) is 10.1. The number of allylic oxidation sites excluding steroid dienone is 1. The fraction of sp³-hybridized carbons (Fsp3) is 0.594. The molecule has 2 saturated carbocycles. The molecule has 2 unspecified atom stereocenters.